The van der Waals surface area contributed by atoms with Crippen LogP contribution in [-0.2, 0) is 0 Å². The minimum atomic E-state index is 0.427. The first-order chi connectivity index (χ1) is 8.26. The molecule has 3 nitrogen and oxygen atoms in total. The molecular formula is C13H9ClN2O. The molecule has 0 bridgehead atoms. The zero-order valence-corrected chi connectivity index (χ0v) is 9.90. The maximum Gasteiger partial charge on any atom is 0.129 e. The zero-order valence-electron chi connectivity index (χ0n) is 9.14. The van der Waals surface area contributed by atoms with Crippen LogP contribution in [0.2, 0.25) is 5.02 Å². The van der Waals surface area contributed by atoms with Gasteiger partial charge in [-0.05, 0) is 23.8 Å². The van der Waals surface area contributed by atoms with E-state index < -0.39 is 0 Å². The molecule has 0 amide bonds. The molecule has 0 aliphatic carbocycles. The van der Waals surface area contributed by atoms with Crippen molar-refractivity contribution in [3.63, 3.8) is 0 Å². The molecule has 0 spiro atoms. The Morgan fingerprint density at radius 1 is 1.35 bits per heavy atom. The van der Waals surface area contributed by atoms with Crippen LogP contribution in [0, 0.1) is 11.3 Å². The second kappa shape index (κ2) is 4.86. The third-order valence-corrected chi connectivity index (χ3v) is 2.71. The Balaban J connectivity index is 2.54. The fourth-order valence-electron chi connectivity index (χ4n) is 1.55. The molecule has 1 aromatic heterocycles. The number of rotatable bonds is 2. The minimum absolute atomic E-state index is 0.427. The first-order valence-electron chi connectivity index (χ1n) is 4.94. The van der Waals surface area contributed by atoms with E-state index in [0.29, 0.717) is 10.6 Å². The van der Waals surface area contributed by atoms with Gasteiger partial charge in [0.05, 0.1) is 17.7 Å². The highest BCUT2D eigenvalue weighted by atomic mass is 35.5. The Morgan fingerprint density at radius 3 is 2.82 bits per heavy atom. The van der Waals surface area contributed by atoms with Crippen molar-refractivity contribution in [2.45, 2.75) is 0 Å². The SMILES string of the molecule is COc1ccncc1-c1ccc(C#N)c(Cl)c1. The van der Waals surface area contributed by atoms with Gasteiger partial charge in [0.2, 0.25) is 0 Å². The summed E-state index contributed by atoms with van der Waals surface area (Å²) in [6.45, 7) is 0. The van der Waals surface area contributed by atoms with Crippen LogP contribution in [0.5, 0.6) is 5.75 Å². The number of pyridine rings is 1. The Kier molecular flexibility index (Phi) is 3.27. The lowest BCUT2D eigenvalue weighted by atomic mass is 10.1. The van der Waals surface area contributed by atoms with E-state index in [2.05, 4.69) is 4.98 Å². The number of ether oxygens (including phenoxy) is 1. The van der Waals surface area contributed by atoms with Gasteiger partial charge in [-0.3, -0.25) is 4.98 Å². The standard InChI is InChI=1S/C13H9ClN2O/c1-17-13-4-5-16-8-11(13)9-2-3-10(7-15)12(14)6-9/h2-6,8H,1H3. The van der Waals surface area contributed by atoms with Gasteiger partial charge in [-0.15, -0.1) is 0 Å². The Morgan fingerprint density at radius 2 is 2.18 bits per heavy atom. The third-order valence-electron chi connectivity index (χ3n) is 2.40. The van der Waals surface area contributed by atoms with Crippen LogP contribution in [0.3, 0.4) is 0 Å². The van der Waals surface area contributed by atoms with Crippen LogP contribution in [0.25, 0.3) is 11.1 Å². The molecule has 0 fully saturated rings. The van der Waals surface area contributed by atoms with Gasteiger partial charge in [0.15, 0.2) is 0 Å². The van der Waals surface area contributed by atoms with Crippen molar-refractivity contribution in [3.8, 4) is 22.9 Å². The number of aromatic nitrogens is 1. The topological polar surface area (TPSA) is 45.9 Å². The van der Waals surface area contributed by atoms with Gasteiger partial charge < -0.3 is 4.74 Å². The van der Waals surface area contributed by atoms with E-state index in [0.717, 1.165) is 16.9 Å². The Bertz CT molecular complexity index is 590. The average molecular weight is 245 g/mol. The molecule has 2 aromatic rings. The summed E-state index contributed by atoms with van der Waals surface area (Å²) in [4.78, 5) is 4.05. The van der Waals surface area contributed by atoms with E-state index >= 15 is 0 Å². The van der Waals surface area contributed by atoms with Gasteiger partial charge in [-0.2, -0.15) is 5.26 Å². The molecule has 17 heavy (non-hydrogen) atoms. The Labute approximate surface area is 104 Å². The summed E-state index contributed by atoms with van der Waals surface area (Å²) >= 11 is 5.99. The maximum atomic E-state index is 8.81. The van der Waals surface area contributed by atoms with Gasteiger partial charge in [0.1, 0.15) is 11.8 Å². The van der Waals surface area contributed by atoms with Crippen molar-refractivity contribution in [2.24, 2.45) is 0 Å². The number of nitrogens with zero attached hydrogens (tertiary/aromatic N) is 2. The molecule has 0 radical (unpaired) electrons. The lowest BCUT2D eigenvalue weighted by molar-refractivity contribution is 0.416. The molecular weight excluding hydrogens is 236 g/mol. The van der Waals surface area contributed by atoms with Gasteiger partial charge >= 0.3 is 0 Å². The molecule has 1 aromatic carbocycles. The first-order valence-corrected chi connectivity index (χ1v) is 5.32. The molecule has 4 heteroatoms. The van der Waals surface area contributed by atoms with E-state index in [4.69, 9.17) is 21.6 Å². The van der Waals surface area contributed by atoms with Crippen molar-refractivity contribution in [3.05, 3.63) is 47.2 Å². The summed E-state index contributed by atoms with van der Waals surface area (Å²) in [6.07, 6.45) is 3.37. The molecule has 2 rings (SSSR count). The number of hydrogen-bond donors (Lipinski definition) is 0. The van der Waals surface area contributed by atoms with Crippen LogP contribution in [0.15, 0.2) is 36.7 Å². The average Bonchev–Trinajstić information content (AvgIpc) is 2.38. The summed E-state index contributed by atoms with van der Waals surface area (Å²) < 4.78 is 5.25. The molecule has 0 atom stereocenters. The van der Waals surface area contributed by atoms with E-state index in [1.807, 2.05) is 12.1 Å². The van der Waals surface area contributed by atoms with Crippen molar-refractivity contribution < 1.29 is 4.74 Å². The molecule has 0 N–H and O–H groups in total. The lowest BCUT2D eigenvalue weighted by Gasteiger charge is -2.08. The van der Waals surface area contributed by atoms with E-state index in [1.54, 1.807) is 37.7 Å². The molecule has 1 heterocycles. The highest BCUT2D eigenvalue weighted by Crippen LogP contribution is 2.31. The number of hydrogen-bond acceptors (Lipinski definition) is 3. The number of methoxy groups -OCH3 is 1. The van der Waals surface area contributed by atoms with Crippen molar-refractivity contribution >= 4 is 11.6 Å². The molecule has 84 valence electrons. The van der Waals surface area contributed by atoms with Gasteiger partial charge in [0.25, 0.3) is 0 Å². The second-order valence-electron chi connectivity index (χ2n) is 3.38. The lowest BCUT2D eigenvalue weighted by Crippen LogP contribution is -1.89. The Hall–Kier alpha value is -2.05. The van der Waals surface area contributed by atoms with E-state index in [-0.39, 0.29) is 0 Å². The molecule has 0 aliphatic rings. The molecule has 0 aliphatic heterocycles. The van der Waals surface area contributed by atoms with Crippen molar-refractivity contribution in [1.82, 2.24) is 4.98 Å². The molecule has 0 unspecified atom stereocenters. The summed E-state index contributed by atoms with van der Waals surface area (Å²) in [5.74, 6) is 0.723. The molecule has 0 saturated heterocycles. The van der Waals surface area contributed by atoms with E-state index in [9.17, 15) is 0 Å². The van der Waals surface area contributed by atoms with Gasteiger partial charge in [-0.25, -0.2) is 0 Å². The fourth-order valence-corrected chi connectivity index (χ4v) is 1.77. The minimum Gasteiger partial charge on any atom is -0.496 e. The quantitative estimate of drug-likeness (QED) is 0.814. The fraction of sp³-hybridized carbons (Fsp3) is 0.0769. The maximum absolute atomic E-state index is 8.81. The second-order valence-corrected chi connectivity index (χ2v) is 3.79. The summed E-state index contributed by atoms with van der Waals surface area (Å²) in [7, 11) is 1.60. The van der Waals surface area contributed by atoms with Crippen LogP contribution >= 0.6 is 11.6 Å². The largest absolute Gasteiger partial charge is 0.496 e. The highest BCUT2D eigenvalue weighted by molar-refractivity contribution is 6.32. The van der Waals surface area contributed by atoms with Crippen LogP contribution in [0.4, 0.5) is 0 Å². The first kappa shape index (κ1) is 11.4. The van der Waals surface area contributed by atoms with Crippen molar-refractivity contribution in [2.75, 3.05) is 7.11 Å². The number of benzene rings is 1. The van der Waals surface area contributed by atoms with Crippen molar-refractivity contribution in [1.29, 1.82) is 5.26 Å². The summed E-state index contributed by atoms with van der Waals surface area (Å²) in [6, 6.07) is 9.05. The zero-order chi connectivity index (χ0) is 12.3. The van der Waals surface area contributed by atoms with Crippen LogP contribution in [-0.4, -0.2) is 12.1 Å². The predicted octanol–water partition coefficient (Wildman–Crippen LogP) is 3.28. The normalized spacial score (nSPS) is 9.71. The third kappa shape index (κ3) is 2.22. The van der Waals surface area contributed by atoms with Crippen LogP contribution in [0.1, 0.15) is 5.56 Å². The van der Waals surface area contributed by atoms with E-state index in [1.165, 1.54) is 0 Å². The van der Waals surface area contributed by atoms with Crippen LogP contribution < -0.4 is 4.74 Å². The summed E-state index contributed by atoms with van der Waals surface area (Å²) in [5.41, 5.74) is 2.18. The smallest absolute Gasteiger partial charge is 0.129 e. The van der Waals surface area contributed by atoms with Gasteiger partial charge in [0, 0.05) is 18.0 Å². The predicted molar refractivity (Wildman–Crippen MR) is 66.0 cm³/mol. The molecule has 0 saturated carbocycles. The number of halogens is 1. The summed E-state index contributed by atoms with van der Waals surface area (Å²) in [5, 5.41) is 9.24. The monoisotopic (exact) mass is 244 g/mol. The van der Waals surface area contributed by atoms with Gasteiger partial charge in [-0.1, -0.05) is 17.7 Å². The highest BCUT2D eigenvalue weighted by Gasteiger charge is 2.07. The number of nitriles is 1.